The Morgan fingerprint density at radius 1 is 1.24 bits per heavy atom. The molecule has 25 heavy (non-hydrogen) atoms. The maximum Gasteiger partial charge on any atom is 0.490 e. The van der Waals surface area contributed by atoms with Crippen molar-refractivity contribution in [3.05, 3.63) is 0 Å². The molecule has 0 aliphatic carbocycles. The second-order valence-electron chi connectivity index (χ2n) is 6.95. The van der Waals surface area contributed by atoms with Crippen LogP contribution in [-0.4, -0.2) is 67.5 Å². The zero-order chi connectivity index (χ0) is 18.5. The predicted molar refractivity (Wildman–Crippen MR) is 83.0 cm³/mol. The monoisotopic (exact) mass is 366 g/mol. The molecule has 0 saturated carbocycles. The molecular weight excluding hydrogens is 341 g/mol. The highest BCUT2D eigenvalue weighted by Gasteiger charge is 2.44. The molecule has 3 saturated heterocycles. The van der Waals surface area contributed by atoms with Crippen LogP contribution in [0.4, 0.5) is 13.2 Å². The first-order valence-electron chi connectivity index (χ1n) is 8.61. The molecule has 0 unspecified atom stereocenters. The van der Waals surface area contributed by atoms with Gasteiger partial charge in [-0.1, -0.05) is 0 Å². The van der Waals surface area contributed by atoms with E-state index in [0.717, 1.165) is 58.0 Å². The van der Waals surface area contributed by atoms with Gasteiger partial charge in [-0.15, -0.1) is 0 Å². The van der Waals surface area contributed by atoms with Crippen molar-refractivity contribution in [2.24, 2.45) is 11.3 Å². The number of likely N-dealkylation sites (tertiary alicyclic amines) is 1. The SMILES string of the molecule is O=C(O)C(F)(F)F.O=C1NCCC12CCN(CC1CCOCC1)CC2. The number of nitrogens with zero attached hydrogens (tertiary/aromatic N) is 1. The minimum absolute atomic E-state index is 0.00776. The third kappa shape index (κ3) is 5.57. The number of hydrogen-bond donors (Lipinski definition) is 2. The van der Waals surface area contributed by atoms with Crippen molar-refractivity contribution in [3.63, 3.8) is 0 Å². The Labute approximate surface area is 144 Å². The topological polar surface area (TPSA) is 78.9 Å². The van der Waals surface area contributed by atoms with Gasteiger partial charge in [0, 0.05) is 26.3 Å². The zero-order valence-electron chi connectivity index (χ0n) is 14.1. The van der Waals surface area contributed by atoms with Crippen LogP contribution >= 0.6 is 0 Å². The van der Waals surface area contributed by atoms with E-state index in [2.05, 4.69) is 10.2 Å². The van der Waals surface area contributed by atoms with Gasteiger partial charge in [-0.25, -0.2) is 4.79 Å². The van der Waals surface area contributed by atoms with Gasteiger partial charge in [-0.05, 0) is 51.1 Å². The number of piperidine rings is 1. The fraction of sp³-hybridized carbons (Fsp3) is 0.875. The number of hydrogen-bond acceptors (Lipinski definition) is 4. The summed E-state index contributed by atoms with van der Waals surface area (Å²) in [5.74, 6) is -1.63. The molecule has 0 radical (unpaired) electrons. The molecule has 3 rings (SSSR count). The maximum atomic E-state index is 11.9. The number of nitrogens with one attached hydrogen (secondary N) is 1. The van der Waals surface area contributed by atoms with E-state index in [-0.39, 0.29) is 5.41 Å². The van der Waals surface area contributed by atoms with Gasteiger partial charge in [0.2, 0.25) is 5.91 Å². The summed E-state index contributed by atoms with van der Waals surface area (Å²) in [6.45, 7) is 6.17. The highest BCUT2D eigenvalue weighted by atomic mass is 19.4. The van der Waals surface area contributed by atoms with Crippen molar-refractivity contribution < 1.29 is 32.6 Å². The molecule has 0 bridgehead atoms. The largest absolute Gasteiger partial charge is 0.490 e. The molecule has 0 atom stereocenters. The third-order valence-electron chi connectivity index (χ3n) is 5.28. The van der Waals surface area contributed by atoms with Crippen LogP contribution in [0.25, 0.3) is 0 Å². The molecule has 0 aromatic heterocycles. The Kier molecular flexibility index (Phi) is 6.67. The molecule has 2 N–H and O–H groups in total. The molecule has 3 heterocycles. The van der Waals surface area contributed by atoms with E-state index in [1.165, 1.54) is 19.4 Å². The molecule has 9 heteroatoms. The minimum atomic E-state index is -5.08. The summed E-state index contributed by atoms with van der Waals surface area (Å²) in [6, 6.07) is 0. The van der Waals surface area contributed by atoms with Gasteiger partial charge in [0.05, 0.1) is 5.41 Å². The Balaban J connectivity index is 0.000000277. The average molecular weight is 366 g/mol. The van der Waals surface area contributed by atoms with E-state index in [1.54, 1.807) is 0 Å². The number of halogens is 3. The first-order chi connectivity index (χ1) is 11.7. The molecule has 3 aliphatic rings. The number of carbonyl (C=O) groups is 2. The number of carboxylic acids is 1. The van der Waals surface area contributed by atoms with Crippen LogP contribution in [-0.2, 0) is 14.3 Å². The van der Waals surface area contributed by atoms with Crippen LogP contribution in [0.1, 0.15) is 32.1 Å². The van der Waals surface area contributed by atoms with Crippen LogP contribution in [0.15, 0.2) is 0 Å². The highest BCUT2D eigenvalue weighted by Crippen LogP contribution is 2.38. The number of carbonyl (C=O) groups excluding carboxylic acids is 1. The predicted octanol–water partition coefficient (Wildman–Crippen LogP) is 1.65. The highest BCUT2D eigenvalue weighted by molar-refractivity contribution is 5.84. The zero-order valence-corrected chi connectivity index (χ0v) is 14.1. The number of amides is 1. The molecule has 3 fully saturated rings. The van der Waals surface area contributed by atoms with E-state index in [9.17, 15) is 18.0 Å². The average Bonchev–Trinajstić information content (AvgIpc) is 2.91. The Bertz CT molecular complexity index is 470. The molecule has 0 aromatic rings. The molecule has 0 aromatic carbocycles. The first-order valence-corrected chi connectivity index (χ1v) is 8.61. The summed E-state index contributed by atoms with van der Waals surface area (Å²) >= 11 is 0. The summed E-state index contributed by atoms with van der Waals surface area (Å²) in [4.78, 5) is 23.4. The van der Waals surface area contributed by atoms with E-state index in [0.29, 0.717) is 5.91 Å². The molecule has 1 amide bonds. The minimum Gasteiger partial charge on any atom is -0.475 e. The van der Waals surface area contributed by atoms with Crippen LogP contribution in [0.5, 0.6) is 0 Å². The van der Waals surface area contributed by atoms with E-state index >= 15 is 0 Å². The lowest BCUT2D eigenvalue weighted by Crippen LogP contribution is -2.45. The normalized spacial score (nSPS) is 24.5. The van der Waals surface area contributed by atoms with Crippen molar-refractivity contribution in [3.8, 4) is 0 Å². The van der Waals surface area contributed by atoms with Gasteiger partial charge < -0.3 is 20.1 Å². The number of carboxylic acid groups (broad SMARTS) is 1. The smallest absolute Gasteiger partial charge is 0.475 e. The van der Waals surface area contributed by atoms with Crippen molar-refractivity contribution >= 4 is 11.9 Å². The van der Waals surface area contributed by atoms with Gasteiger partial charge in [0.25, 0.3) is 0 Å². The van der Waals surface area contributed by atoms with Gasteiger partial charge in [-0.3, -0.25) is 4.79 Å². The molecule has 6 nitrogen and oxygen atoms in total. The second-order valence-corrected chi connectivity index (χ2v) is 6.95. The lowest BCUT2D eigenvalue weighted by atomic mass is 9.77. The summed E-state index contributed by atoms with van der Waals surface area (Å²) in [5.41, 5.74) is -0.00776. The summed E-state index contributed by atoms with van der Waals surface area (Å²) in [7, 11) is 0. The number of rotatable bonds is 2. The standard InChI is InChI=1S/C14H24N2O2.C2HF3O2/c17-13-14(3-6-15-13)4-7-16(8-5-14)11-12-1-9-18-10-2-12;3-2(4,5)1(6)7/h12H,1-11H2,(H,15,17);(H,6,7). The van der Waals surface area contributed by atoms with Gasteiger partial charge in [0.15, 0.2) is 0 Å². The number of ether oxygens (including phenoxy) is 1. The second kappa shape index (κ2) is 8.35. The number of aliphatic carboxylic acids is 1. The Morgan fingerprint density at radius 3 is 2.24 bits per heavy atom. The van der Waals surface area contributed by atoms with E-state index in [1.807, 2.05) is 0 Å². The first kappa shape index (κ1) is 20.0. The Hall–Kier alpha value is -1.35. The fourth-order valence-corrected chi connectivity index (χ4v) is 3.65. The van der Waals surface area contributed by atoms with Gasteiger partial charge >= 0.3 is 12.1 Å². The maximum absolute atomic E-state index is 11.9. The van der Waals surface area contributed by atoms with Crippen molar-refractivity contribution in [2.75, 3.05) is 39.4 Å². The van der Waals surface area contributed by atoms with E-state index < -0.39 is 12.1 Å². The third-order valence-corrected chi connectivity index (χ3v) is 5.28. The Morgan fingerprint density at radius 2 is 1.80 bits per heavy atom. The molecular formula is C16H25F3N2O4. The summed E-state index contributed by atoms with van der Waals surface area (Å²) in [5, 5.41) is 10.1. The van der Waals surface area contributed by atoms with Gasteiger partial charge in [-0.2, -0.15) is 13.2 Å². The summed E-state index contributed by atoms with van der Waals surface area (Å²) in [6.07, 6.45) is 0.505. The van der Waals surface area contributed by atoms with Crippen molar-refractivity contribution in [1.82, 2.24) is 10.2 Å². The quantitative estimate of drug-likeness (QED) is 0.777. The van der Waals surface area contributed by atoms with Gasteiger partial charge in [0.1, 0.15) is 0 Å². The number of alkyl halides is 3. The molecule has 3 aliphatic heterocycles. The summed E-state index contributed by atoms with van der Waals surface area (Å²) < 4.78 is 37.1. The van der Waals surface area contributed by atoms with Crippen molar-refractivity contribution in [1.29, 1.82) is 0 Å². The fourth-order valence-electron chi connectivity index (χ4n) is 3.65. The van der Waals surface area contributed by atoms with Crippen LogP contribution in [0.2, 0.25) is 0 Å². The van der Waals surface area contributed by atoms with Crippen molar-refractivity contribution in [2.45, 2.75) is 38.3 Å². The van der Waals surface area contributed by atoms with Crippen LogP contribution in [0.3, 0.4) is 0 Å². The lowest BCUT2D eigenvalue weighted by molar-refractivity contribution is -0.192. The molecule has 1 spiro atoms. The van der Waals surface area contributed by atoms with E-state index in [4.69, 9.17) is 14.6 Å². The molecule has 144 valence electrons. The van der Waals surface area contributed by atoms with Crippen LogP contribution in [0, 0.1) is 11.3 Å². The van der Waals surface area contributed by atoms with Crippen LogP contribution < -0.4 is 5.32 Å². The lowest BCUT2D eigenvalue weighted by Gasteiger charge is -2.39.